The number of β-lactam (4-membered cyclic amide) rings is 1. The summed E-state index contributed by atoms with van der Waals surface area (Å²) in [4.78, 5) is 26.9. The molecule has 6 heteroatoms. The fourth-order valence-corrected chi connectivity index (χ4v) is 6.32. The van der Waals surface area contributed by atoms with Crippen LogP contribution in [0.2, 0.25) is 0 Å². The van der Waals surface area contributed by atoms with Crippen molar-refractivity contribution < 1.29 is 19.4 Å². The van der Waals surface area contributed by atoms with Gasteiger partial charge in [-0.05, 0) is 23.6 Å². The molecule has 1 heterocycles. The number of hydrogen-bond acceptors (Lipinski definition) is 5. The molecule has 1 aliphatic rings. The number of carbonyl (C=O) groups excluding carboxylic acids is 2. The molecule has 1 aliphatic heterocycles. The van der Waals surface area contributed by atoms with Gasteiger partial charge in [0.25, 0.3) is 0 Å². The third-order valence-corrected chi connectivity index (χ3v) is 7.77. The number of ether oxygens (including phenoxy) is 1. The van der Waals surface area contributed by atoms with Gasteiger partial charge in [0, 0.05) is 0 Å². The normalized spacial score (nSPS) is 18.6. The van der Waals surface area contributed by atoms with Crippen molar-refractivity contribution in [3.63, 3.8) is 0 Å². The zero-order chi connectivity index (χ0) is 24.1. The van der Waals surface area contributed by atoms with Gasteiger partial charge in [0.05, 0.1) is 16.8 Å². The van der Waals surface area contributed by atoms with Crippen molar-refractivity contribution in [3.8, 4) is 0 Å². The Morgan fingerprint density at radius 1 is 1.00 bits per heavy atom. The standard InChI is InChI=1S/C28H27NO4S/c1-3-19-33-27(32)29-25(31)24(20(2)30)26(29)34-28(21-13-7-4-8-14-21,22-15-9-5-10-16-22)23-17-11-6-12-18-23/h3-18,20,24,26,30H,1,19H2,2H3/t20?,24-,26-/m1/s1. The summed E-state index contributed by atoms with van der Waals surface area (Å²) in [6.07, 6.45) is -0.200. The van der Waals surface area contributed by atoms with E-state index in [0.29, 0.717) is 0 Å². The van der Waals surface area contributed by atoms with Crippen molar-refractivity contribution in [3.05, 3.63) is 120 Å². The van der Waals surface area contributed by atoms with E-state index >= 15 is 0 Å². The third-order valence-electron chi connectivity index (χ3n) is 5.96. The highest BCUT2D eigenvalue weighted by molar-refractivity contribution is 8.01. The van der Waals surface area contributed by atoms with Crippen LogP contribution in [-0.4, -0.2) is 40.1 Å². The Kier molecular flexibility index (Phi) is 7.20. The molecule has 3 aromatic carbocycles. The molecule has 3 atom stereocenters. The highest BCUT2D eigenvalue weighted by Gasteiger charge is 2.57. The lowest BCUT2D eigenvalue weighted by Gasteiger charge is -2.49. The van der Waals surface area contributed by atoms with Gasteiger partial charge in [0.2, 0.25) is 5.91 Å². The summed E-state index contributed by atoms with van der Waals surface area (Å²) in [6, 6.07) is 30.0. The molecule has 5 nitrogen and oxygen atoms in total. The van der Waals surface area contributed by atoms with Crippen LogP contribution in [0.4, 0.5) is 4.79 Å². The zero-order valence-electron chi connectivity index (χ0n) is 18.9. The minimum Gasteiger partial charge on any atom is -0.445 e. The van der Waals surface area contributed by atoms with E-state index in [1.807, 2.05) is 91.0 Å². The van der Waals surface area contributed by atoms with E-state index < -0.39 is 34.1 Å². The molecule has 3 aromatic rings. The number of nitrogens with zero attached hydrogens (tertiary/aromatic N) is 1. The number of carbonyl (C=O) groups is 2. The zero-order valence-corrected chi connectivity index (χ0v) is 19.7. The van der Waals surface area contributed by atoms with Gasteiger partial charge in [-0.2, -0.15) is 0 Å². The fraction of sp³-hybridized carbons (Fsp3) is 0.214. The van der Waals surface area contributed by atoms with Crippen LogP contribution in [-0.2, 0) is 14.3 Å². The Morgan fingerprint density at radius 2 is 1.44 bits per heavy atom. The third kappa shape index (κ3) is 4.27. The number of thioether (sulfide) groups is 1. The quantitative estimate of drug-likeness (QED) is 0.277. The average molecular weight is 474 g/mol. The van der Waals surface area contributed by atoms with Gasteiger partial charge in [-0.15, -0.1) is 11.8 Å². The van der Waals surface area contributed by atoms with Crippen LogP contribution in [0.3, 0.4) is 0 Å². The van der Waals surface area contributed by atoms with Crippen molar-refractivity contribution in [2.24, 2.45) is 5.92 Å². The molecule has 0 radical (unpaired) electrons. The molecule has 0 saturated carbocycles. The van der Waals surface area contributed by atoms with E-state index in [1.165, 1.54) is 17.8 Å². The maximum atomic E-state index is 12.9. The van der Waals surface area contributed by atoms with Crippen molar-refractivity contribution in [1.29, 1.82) is 0 Å². The van der Waals surface area contributed by atoms with E-state index in [-0.39, 0.29) is 6.61 Å². The summed E-state index contributed by atoms with van der Waals surface area (Å²) in [6.45, 7) is 5.15. The van der Waals surface area contributed by atoms with Gasteiger partial charge >= 0.3 is 6.09 Å². The van der Waals surface area contributed by atoms with Gasteiger partial charge in [-0.25, -0.2) is 9.69 Å². The second-order valence-corrected chi connectivity index (χ2v) is 9.46. The van der Waals surface area contributed by atoms with E-state index in [9.17, 15) is 14.7 Å². The Balaban J connectivity index is 1.89. The number of likely N-dealkylation sites (tertiary alicyclic amines) is 1. The Labute approximate surface area is 204 Å². The van der Waals surface area contributed by atoms with E-state index in [0.717, 1.165) is 21.6 Å². The predicted octanol–water partition coefficient (Wildman–Crippen LogP) is 5.20. The first-order valence-corrected chi connectivity index (χ1v) is 12.0. The minimum atomic E-state index is -0.923. The number of hydrogen-bond donors (Lipinski definition) is 1. The highest BCUT2D eigenvalue weighted by atomic mass is 32.2. The first kappa shape index (κ1) is 23.8. The molecular weight excluding hydrogens is 446 g/mol. The maximum Gasteiger partial charge on any atom is 0.417 e. The monoisotopic (exact) mass is 473 g/mol. The topological polar surface area (TPSA) is 66.8 Å². The van der Waals surface area contributed by atoms with E-state index in [2.05, 4.69) is 6.58 Å². The molecule has 1 unspecified atom stereocenters. The average Bonchev–Trinajstić information content (AvgIpc) is 2.86. The number of imide groups is 1. The van der Waals surface area contributed by atoms with Crippen LogP contribution in [0, 0.1) is 5.92 Å². The number of rotatable bonds is 8. The summed E-state index contributed by atoms with van der Waals surface area (Å²) < 4.78 is 4.46. The van der Waals surface area contributed by atoms with Crippen LogP contribution in [0.1, 0.15) is 23.6 Å². The van der Waals surface area contributed by atoms with Gasteiger partial charge < -0.3 is 9.84 Å². The Morgan fingerprint density at radius 3 is 1.82 bits per heavy atom. The summed E-state index contributed by atoms with van der Waals surface area (Å²) in [7, 11) is 0. The largest absolute Gasteiger partial charge is 0.445 e. The van der Waals surface area contributed by atoms with Crippen LogP contribution >= 0.6 is 11.8 Å². The second-order valence-electron chi connectivity index (χ2n) is 8.13. The first-order valence-electron chi connectivity index (χ1n) is 11.1. The van der Waals surface area contributed by atoms with Crippen molar-refractivity contribution in [2.45, 2.75) is 23.1 Å². The molecular formula is C28H27NO4S. The summed E-state index contributed by atoms with van der Waals surface area (Å²) in [5, 5.41) is 9.83. The first-order chi connectivity index (χ1) is 16.5. The predicted molar refractivity (Wildman–Crippen MR) is 134 cm³/mol. The molecule has 1 saturated heterocycles. The van der Waals surface area contributed by atoms with E-state index in [4.69, 9.17) is 4.74 Å². The summed E-state index contributed by atoms with van der Waals surface area (Å²) in [5.74, 6) is -1.18. The number of amides is 2. The van der Waals surface area contributed by atoms with Gasteiger partial charge in [-0.1, -0.05) is 104 Å². The molecule has 2 amide bonds. The van der Waals surface area contributed by atoms with Gasteiger partial charge in [0.1, 0.15) is 12.0 Å². The number of aliphatic hydroxyl groups is 1. The maximum absolute atomic E-state index is 12.9. The molecule has 1 fully saturated rings. The van der Waals surface area contributed by atoms with E-state index in [1.54, 1.807) is 6.92 Å². The molecule has 0 aromatic heterocycles. The molecule has 0 aliphatic carbocycles. The van der Waals surface area contributed by atoms with Gasteiger partial charge in [-0.3, -0.25) is 4.79 Å². The highest BCUT2D eigenvalue weighted by Crippen LogP contribution is 2.54. The SMILES string of the molecule is C=CCOC(=O)N1C(=O)[C@@H](C(C)O)[C@H]1SC(c1ccccc1)(c1ccccc1)c1ccccc1. The number of benzene rings is 3. The Hall–Kier alpha value is -3.35. The van der Waals surface area contributed by atoms with Crippen molar-refractivity contribution >= 4 is 23.8 Å². The summed E-state index contributed by atoms with van der Waals surface area (Å²) in [5.41, 5.74) is 3.00. The molecule has 4 rings (SSSR count). The fourth-order valence-electron chi connectivity index (χ4n) is 4.35. The molecule has 34 heavy (non-hydrogen) atoms. The van der Waals surface area contributed by atoms with Crippen molar-refractivity contribution in [2.75, 3.05) is 6.61 Å². The van der Waals surface area contributed by atoms with Crippen LogP contribution in [0.5, 0.6) is 0 Å². The van der Waals surface area contributed by atoms with Crippen LogP contribution in [0.15, 0.2) is 104 Å². The second kappa shape index (κ2) is 10.3. The molecule has 174 valence electrons. The summed E-state index contributed by atoms with van der Waals surface area (Å²) >= 11 is 1.47. The lowest BCUT2D eigenvalue weighted by Crippen LogP contribution is -2.65. The smallest absolute Gasteiger partial charge is 0.417 e. The molecule has 0 bridgehead atoms. The van der Waals surface area contributed by atoms with Crippen molar-refractivity contribution in [1.82, 2.24) is 4.90 Å². The Bertz CT molecular complexity index is 1040. The number of aliphatic hydroxyl groups excluding tert-OH is 1. The van der Waals surface area contributed by atoms with Crippen LogP contribution in [0.25, 0.3) is 0 Å². The lowest BCUT2D eigenvalue weighted by molar-refractivity contribution is -0.152. The van der Waals surface area contributed by atoms with Gasteiger partial charge in [0.15, 0.2) is 0 Å². The lowest BCUT2D eigenvalue weighted by atomic mass is 9.84. The van der Waals surface area contributed by atoms with Crippen LogP contribution < -0.4 is 0 Å². The molecule has 0 spiro atoms. The minimum absolute atomic E-state index is 0.000540. The molecule has 1 N–H and O–H groups in total.